The topological polar surface area (TPSA) is 106 Å². The highest BCUT2D eigenvalue weighted by Gasteiger charge is 2.32. The summed E-state index contributed by atoms with van der Waals surface area (Å²) in [5.41, 5.74) is 2.85. The van der Waals surface area contributed by atoms with Gasteiger partial charge in [-0.2, -0.15) is 0 Å². The SMILES string of the molecule is CN(C)CCN(C)c1cc(F)ccc1Nc1ccc(S(=O)(=O)N(C(=O)O)c2cscn2)cc1Cl. The first-order valence-corrected chi connectivity index (χ1v) is 12.6. The Hall–Kier alpha value is -2.93. The van der Waals surface area contributed by atoms with Gasteiger partial charge < -0.3 is 20.2 Å². The minimum absolute atomic E-state index is 0.0379. The van der Waals surface area contributed by atoms with Gasteiger partial charge in [0.05, 0.1) is 32.5 Å². The van der Waals surface area contributed by atoms with Gasteiger partial charge in [0.1, 0.15) is 5.82 Å². The van der Waals surface area contributed by atoms with Gasteiger partial charge in [0, 0.05) is 25.5 Å². The van der Waals surface area contributed by atoms with E-state index in [4.69, 9.17) is 11.6 Å². The number of nitrogens with zero attached hydrogens (tertiary/aromatic N) is 4. The number of rotatable bonds is 9. The number of carbonyl (C=O) groups is 1. The van der Waals surface area contributed by atoms with Crippen LogP contribution in [0.5, 0.6) is 0 Å². The Morgan fingerprint density at radius 3 is 2.44 bits per heavy atom. The number of sulfonamides is 1. The number of aromatic nitrogens is 1. The van der Waals surface area contributed by atoms with E-state index >= 15 is 0 Å². The predicted octanol–water partition coefficient (Wildman–Crippen LogP) is 4.55. The molecule has 0 saturated carbocycles. The van der Waals surface area contributed by atoms with Gasteiger partial charge >= 0.3 is 6.09 Å². The number of amides is 1. The third-order valence-electron chi connectivity index (χ3n) is 4.80. The average molecular weight is 528 g/mol. The van der Waals surface area contributed by atoms with Crippen LogP contribution in [0.4, 0.5) is 32.1 Å². The molecule has 0 saturated heterocycles. The molecule has 0 fully saturated rings. The maximum Gasteiger partial charge on any atom is 0.427 e. The van der Waals surface area contributed by atoms with Crippen LogP contribution in [-0.2, 0) is 10.0 Å². The van der Waals surface area contributed by atoms with Gasteiger partial charge in [0.2, 0.25) is 0 Å². The third-order valence-corrected chi connectivity index (χ3v) is 7.36. The molecule has 3 aromatic rings. The molecule has 0 atom stereocenters. The Bertz CT molecular complexity index is 1270. The first kappa shape index (κ1) is 25.7. The van der Waals surface area contributed by atoms with E-state index in [9.17, 15) is 22.7 Å². The molecule has 0 spiro atoms. The lowest BCUT2D eigenvalue weighted by atomic mass is 10.2. The number of thiazole rings is 1. The first-order valence-electron chi connectivity index (χ1n) is 9.89. The van der Waals surface area contributed by atoms with Gasteiger partial charge in [0.25, 0.3) is 10.0 Å². The molecule has 1 amide bonds. The molecule has 2 N–H and O–H groups in total. The number of hydrogen-bond acceptors (Lipinski definition) is 8. The zero-order valence-corrected chi connectivity index (χ0v) is 21.0. The molecular weight excluding hydrogens is 505 g/mol. The lowest BCUT2D eigenvalue weighted by molar-refractivity contribution is 0.206. The highest BCUT2D eigenvalue weighted by Crippen LogP contribution is 2.34. The van der Waals surface area contributed by atoms with Gasteiger partial charge in [-0.3, -0.25) is 0 Å². The maximum absolute atomic E-state index is 14.0. The highest BCUT2D eigenvalue weighted by molar-refractivity contribution is 7.93. The van der Waals surface area contributed by atoms with Crippen LogP contribution >= 0.6 is 22.9 Å². The Labute approximate surface area is 206 Å². The molecular formula is C21H23ClFN5O4S2. The smallest absolute Gasteiger partial charge is 0.427 e. The molecule has 182 valence electrons. The normalized spacial score (nSPS) is 11.5. The molecule has 9 nitrogen and oxygen atoms in total. The van der Waals surface area contributed by atoms with Crippen molar-refractivity contribution in [3.8, 4) is 0 Å². The molecule has 0 bridgehead atoms. The summed E-state index contributed by atoms with van der Waals surface area (Å²) < 4.78 is 40.1. The van der Waals surface area contributed by atoms with Gasteiger partial charge in [-0.1, -0.05) is 11.6 Å². The van der Waals surface area contributed by atoms with Crippen LogP contribution in [0, 0.1) is 5.82 Å². The van der Waals surface area contributed by atoms with Gasteiger partial charge in [-0.15, -0.1) is 15.6 Å². The van der Waals surface area contributed by atoms with Crippen LogP contribution in [-0.4, -0.2) is 63.7 Å². The van der Waals surface area contributed by atoms with Crippen molar-refractivity contribution in [1.29, 1.82) is 0 Å². The minimum Gasteiger partial charge on any atom is -0.464 e. The largest absolute Gasteiger partial charge is 0.464 e. The van der Waals surface area contributed by atoms with Crippen molar-refractivity contribution < 1.29 is 22.7 Å². The van der Waals surface area contributed by atoms with Crippen LogP contribution in [0.2, 0.25) is 5.02 Å². The molecule has 34 heavy (non-hydrogen) atoms. The lowest BCUT2D eigenvalue weighted by Crippen LogP contribution is -2.36. The van der Waals surface area contributed by atoms with E-state index in [1.807, 2.05) is 30.9 Å². The minimum atomic E-state index is -4.47. The summed E-state index contributed by atoms with van der Waals surface area (Å²) in [5.74, 6) is -0.631. The molecule has 1 heterocycles. The molecule has 0 aliphatic rings. The summed E-state index contributed by atoms with van der Waals surface area (Å²) in [5, 5.41) is 13.9. The molecule has 0 radical (unpaired) electrons. The van der Waals surface area contributed by atoms with Crippen LogP contribution < -0.4 is 14.5 Å². The van der Waals surface area contributed by atoms with E-state index in [1.165, 1.54) is 35.2 Å². The van der Waals surface area contributed by atoms with Crippen LogP contribution in [0.15, 0.2) is 52.2 Å². The van der Waals surface area contributed by atoms with Gasteiger partial charge in [0.15, 0.2) is 5.82 Å². The van der Waals surface area contributed by atoms with E-state index in [0.29, 0.717) is 23.6 Å². The number of hydrogen-bond donors (Lipinski definition) is 2. The lowest BCUT2D eigenvalue weighted by Gasteiger charge is -2.25. The number of nitrogens with one attached hydrogen (secondary N) is 1. The summed E-state index contributed by atoms with van der Waals surface area (Å²) in [6, 6.07) is 8.07. The van der Waals surface area contributed by atoms with Crippen LogP contribution in [0.1, 0.15) is 0 Å². The number of anilines is 4. The summed E-state index contributed by atoms with van der Waals surface area (Å²) in [7, 11) is 1.23. The van der Waals surface area contributed by atoms with E-state index in [1.54, 1.807) is 6.07 Å². The second-order valence-electron chi connectivity index (χ2n) is 7.55. The van der Waals surface area contributed by atoms with E-state index in [-0.39, 0.29) is 20.0 Å². The quantitative estimate of drug-likeness (QED) is 0.417. The Balaban J connectivity index is 1.91. The van der Waals surface area contributed by atoms with Crippen LogP contribution in [0.25, 0.3) is 0 Å². The van der Waals surface area contributed by atoms with Crippen molar-refractivity contribution in [2.45, 2.75) is 4.90 Å². The first-order chi connectivity index (χ1) is 16.0. The second-order valence-corrected chi connectivity index (χ2v) is 10.5. The van der Waals surface area contributed by atoms with Gasteiger partial charge in [-0.05, 0) is 50.5 Å². The van der Waals surface area contributed by atoms with Crippen molar-refractivity contribution in [1.82, 2.24) is 9.88 Å². The molecule has 0 unspecified atom stereocenters. The standard InChI is InChI=1S/C21H23ClFN5O4S2/c1-26(2)8-9-27(3)19-10-14(23)4-6-18(19)25-17-7-5-15(11-16(17)22)34(31,32)28(21(29)30)20-12-33-13-24-20/h4-7,10-13,25H,8-9H2,1-3H3,(H,29,30). The summed E-state index contributed by atoms with van der Waals surface area (Å²) in [4.78, 5) is 19.0. The summed E-state index contributed by atoms with van der Waals surface area (Å²) in [6.07, 6.45) is -1.69. The average Bonchev–Trinajstić information content (AvgIpc) is 3.27. The molecule has 3 rings (SSSR count). The zero-order chi connectivity index (χ0) is 25.0. The Morgan fingerprint density at radius 2 is 1.85 bits per heavy atom. The van der Waals surface area contributed by atoms with Gasteiger partial charge in [-0.25, -0.2) is 22.6 Å². The predicted molar refractivity (Wildman–Crippen MR) is 133 cm³/mol. The highest BCUT2D eigenvalue weighted by atomic mass is 35.5. The summed E-state index contributed by atoms with van der Waals surface area (Å²) >= 11 is 7.42. The third kappa shape index (κ3) is 5.76. The molecule has 0 aliphatic heterocycles. The number of carboxylic acid groups (broad SMARTS) is 1. The van der Waals surface area contributed by atoms with E-state index < -0.39 is 21.9 Å². The fourth-order valence-electron chi connectivity index (χ4n) is 3.04. The number of benzene rings is 2. The number of halogens is 2. The molecule has 13 heteroatoms. The van der Waals surface area contributed by atoms with Crippen molar-refractivity contribution in [2.75, 3.05) is 48.8 Å². The zero-order valence-electron chi connectivity index (χ0n) is 18.6. The Morgan fingerprint density at radius 1 is 1.15 bits per heavy atom. The van der Waals surface area contributed by atoms with Crippen LogP contribution in [0.3, 0.4) is 0 Å². The molecule has 1 aromatic heterocycles. The van der Waals surface area contributed by atoms with Crippen molar-refractivity contribution in [3.63, 3.8) is 0 Å². The fourth-order valence-corrected chi connectivity index (χ4v) is 5.18. The van der Waals surface area contributed by atoms with Crippen molar-refractivity contribution in [2.24, 2.45) is 0 Å². The van der Waals surface area contributed by atoms with E-state index in [0.717, 1.165) is 23.9 Å². The molecule has 0 aliphatic carbocycles. The maximum atomic E-state index is 14.0. The van der Waals surface area contributed by atoms with Crippen molar-refractivity contribution >= 4 is 61.9 Å². The monoisotopic (exact) mass is 527 g/mol. The summed E-state index contributed by atoms with van der Waals surface area (Å²) in [6.45, 7) is 1.39. The van der Waals surface area contributed by atoms with E-state index in [2.05, 4.69) is 10.3 Å². The number of likely N-dealkylation sites (N-methyl/N-ethyl adjacent to an activating group) is 2. The molecule has 2 aromatic carbocycles. The fraction of sp³-hybridized carbons (Fsp3) is 0.238. The second kappa shape index (κ2) is 10.6. The Kier molecular flexibility index (Phi) is 7.97. The van der Waals surface area contributed by atoms with Crippen molar-refractivity contribution in [3.05, 3.63) is 58.1 Å².